The normalized spacial score (nSPS) is 16.2. The molecule has 0 atom stereocenters. The van der Waals surface area contributed by atoms with Gasteiger partial charge < -0.3 is 20.4 Å². The van der Waals surface area contributed by atoms with Crippen LogP contribution in [0.4, 0.5) is 0 Å². The van der Waals surface area contributed by atoms with Crippen LogP contribution in [0.25, 0.3) is 0 Å². The summed E-state index contributed by atoms with van der Waals surface area (Å²) in [6.07, 6.45) is 0. The van der Waals surface area contributed by atoms with Gasteiger partial charge in [-0.25, -0.2) is 0 Å². The van der Waals surface area contributed by atoms with E-state index in [1.807, 2.05) is 0 Å². The SMILES string of the molecule is O=C1c2ccccc2C(=O)c2c1cc(C(=O)N1CCNCC1)c(O)c2O. The number of ketones is 2. The first kappa shape index (κ1) is 16.3. The highest BCUT2D eigenvalue weighted by Crippen LogP contribution is 2.40. The van der Waals surface area contributed by atoms with Gasteiger partial charge in [0.25, 0.3) is 5.91 Å². The van der Waals surface area contributed by atoms with E-state index in [0.29, 0.717) is 26.2 Å². The minimum absolute atomic E-state index is 0.0671. The Kier molecular flexibility index (Phi) is 3.73. The number of carbonyl (C=O) groups is 3. The maximum atomic E-state index is 12.8. The second kappa shape index (κ2) is 5.96. The Bertz CT molecular complexity index is 961. The summed E-state index contributed by atoms with van der Waals surface area (Å²) in [5.41, 5.74) is -0.120. The molecule has 0 bridgehead atoms. The number of nitrogens with zero attached hydrogens (tertiary/aromatic N) is 1. The van der Waals surface area contributed by atoms with E-state index in [9.17, 15) is 24.6 Å². The number of piperazine rings is 1. The molecule has 1 heterocycles. The second-order valence-corrected chi connectivity index (χ2v) is 6.29. The van der Waals surface area contributed by atoms with Gasteiger partial charge in [-0.1, -0.05) is 24.3 Å². The second-order valence-electron chi connectivity index (χ2n) is 6.29. The Labute approximate surface area is 148 Å². The number of amides is 1. The fourth-order valence-electron chi connectivity index (χ4n) is 3.43. The number of aromatic hydroxyl groups is 2. The Morgan fingerprint density at radius 1 is 0.923 bits per heavy atom. The van der Waals surface area contributed by atoms with Crippen LogP contribution in [0, 0.1) is 0 Å². The molecule has 4 rings (SSSR count). The summed E-state index contributed by atoms with van der Waals surface area (Å²) in [5.74, 6) is -2.90. The zero-order valence-corrected chi connectivity index (χ0v) is 13.8. The minimum Gasteiger partial charge on any atom is -0.504 e. The number of rotatable bonds is 1. The predicted molar refractivity (Wildman–Crippen MR) is 91.9 cm³/mol. The van der Waals surface area contributed by atoms with Gasteiger partial charge in [-0.15, -0.1) is 0 Å². The van der Waals surface area contributed by atoms with E-state index in [1.165, 1.54) is 23.1 Å². The molecule has 3 N–H and O–H groups in total. The van der Waals surface area contributed by atoms with Gasteiger partial charge in [-0.2, -0.15) is 0 Å². The van der Waals surface area contributed by atoms with Crippen molar-refractivity contribution in [2.45, 2.75) is 0 Å². The molecular weight excluding hydrogens is 336 g/mol. The summed E-state index contributed by atoms with van der Waals surface area (Å²) in [7, 11) is 0. The van der Waals surface area contributed by atoms with E-state index in [2.05, 4.69) is 5.32 Å². The molecule has 0 unspecified atom stereocenters. The van der Waals surface area contributed by atoms with Gasteiger partial charge in [0.1, 0.15) is 0 Å². The van der Waals surface area contributed by atoms with Crippen molar-refractivity contribution < 1.29 is 24.6 Å². The van der Waals surface area contributed by atoms with Crippen LogP contribution in [-0.4, -0.2) is 58.8 Å². The molecule has 2 aromatic rings. The highest BCUT2D eigenvalue weighted by Gasteiger charge is 2.36. The largest absolute Gasteiger partial charge is 0.504 e. The molecule has 2 aromatic carbocycles. The number of benzene rings is 2. The molecule has 1 fully saturated rings. The maximum Gasteiger partial charge on any atom is 0.257 e. The van der Waals surface area contributed by atoms with E-state index in [0.717, 1.165) is 0 Å². The molecule has 0 spiro atoms. The Balaban J connectivity index is 1.86. The van der Waals surface area contributed by atoms with Gasteiger partial charge >= 0.3 is 0 Å². The molecule has 7 nitrogen and oxygen atoms in total. The smallest absolute Gasteiger partial charge is 0.257 e. The Morgan fingerprint density at radius 2 is 1.54 bits per heavy atom. The van der Waals surface area contributed by atoms with Gasteiger partial charge in [-0.05, 0) is 6.07 Å². The lowest BCUT2D eigenvalue weighted by Gasteiger charge is -2.28. The molecule has 0 aromatic heterocycles. The van der Waals surface area contributed by atoms with Crippen LogP contribution in [-0.2, 0) is 0 Å². The average Bonchev–Trinajstić information content (AvgIpc) is 2.68. The van der Waals surface area contributed by atoms with Crippen LogP contribution >= 0.6 is 0 Å². The third-order valence-corrected chi connectivity index (χ3v) is 4.80. The third-order valence-electron chi connectivity index (χ3n) is 4.80. The molecule has 1 aliphatic heterocycles. The first-order chi connectivity index (χ1) is 12.5. The Hall–Kier alpha value is -3.19. The van der Waals surface area contributed by atoms with Crippen molar-refractivity contribution in [2.24, 2.45) is 0 Å². The van der Waals surface area contributed by atoms with Crippen molar-refractivity contribution >= 4 is 17.5 Å². The lowest BCUT2D eigenvalue weighted by atomic mass is 9.82. The van der Waals surface area contributed by atoms with Gasteiger partial charge in [-0.3, -0.25) is 14.4 Å². The van der Waals surface area contributed by atoms with Crippen molar-refractivity contribution in [3.8, 4) is 11.5 Å². The first-order valence-electron chi connectivity index (χ1n) is 8.28. The van der Waals surface area contributed by atoms with E-state index in [1.54, 1.807) is 12.1 Å². The van der Waals surface area contributed by atoms with Crippen LogP contribution in [0.5, 0.6) is 11.5 Å². The molecule has 7 heteroatoms. The highest BCUT2D eigenvalue weighted by atomic mass is 16.3. The van der Waals surface area contributed by atoms with Crippen molar-refractivity contribution in [3.05, 3.63) is 58.1 Å². The van der Waals surface area contributed by atoms with Crippen molar-refractivity contribution in [1.82, 2.24) is 10.2 Å². The summed E-state index contributed by atoms with van der Waals surface area (Å²) in [4.78, 5) is 39.7. The standard InChI is InChI=1S/C19H16N2O5/c22-15-10-3-1-2-4-11(10)16(23)14-12(15)9-13(17(24)18(14)25)19(26)21-7-5-20-6-8-21/h1-4,9,20,24-25H,5-8H2. The summed E-state index contributed by atoms with van der Waals surface area (Å²) >= 11 is 0. The summed E-state index contributed by atoms with van der Waals surface area (Å²) in [6.45, 7) is 2.14. The Morgan fingerprint density at radius 3 is 2.19 bits per heavy atom. The van der Waals surface area contributed by atoms with Gasteiger partial charge in [0, 0.05) is 42.9 Å². The van der Waals surface area contributed by atoms with Crippen LogP contribution < -0.4 is 5.32 Å². The van der Waals surface area contributed by atoms with E-state index >= 15 is 0 Å². The number of nitrogens with one attached hydrogen (secondary N) is 1. The maximum absolute atomic E-state index is 12.8. The highest BCUT2D eigenvalue weighted by molar-refractivity contribution is 6.30. The van der Waals surface area contributed by atoms with Crippen LogP contribution in [0.2, 0.25) is 0 Å². The van der Waals surface area contributed by atoms with Crippen molar-refractivity contribution in [1.29, 1.82) is 0 Å². The molecule has 0 radical (unpaired) electrons. The number of carbonyl (C=O) groups excluding carboxylic acids is 3. The van der Waals surface area contributed by atoms with Crippen LogP contribution in [0.15, 0.2) is 30.3 Å². The van der Waals surface area contributed by atoms with E-state index in [-0.39, 0.29) is 27.8 Å². The number of phenols is 2. The van der Waals surface area contributed by atoms with Gasteiger partial charge in [0.2, 0.25) is 0 Å². The molecule has 2 aliphatic rings. The topological polar surface area (TPSA) is 107 Å². The van der Waals surface area contributed by atoms with Crippen molar-refractivity contribution in [3.63, 3.8) is 0 Å². The monoisotopic (exact) mass is 352 g/mol. The minimum atomic E-state index is -0.728. The molecule has 1 aliphatic carbocycles. The third kappa shape index (κ3) is 2.28. The summed E-state index contributed by atoms with van der Waals surface area (Å²) in [5, 5.41) is 23.8. The lowest BCUT2D eigenvalue weighted by Crippen LogP contribution is -2.46. The zero-order valence-electron chi connectivity index (χ0n) is 13.8. The predicted octanol–water partition coefficient (Wildman–Crippen LogP) is 0.919. The summed E-state index contributed by atoms with van der Waals surface area (Å²) in [6, 6.07) is 7.50. The van der Waals surface area contributed by atoms with E-state index in [4.69, 9.17) is 0 Å². The van der Waals surface area contributed by atoms with Crippen LogP contribution in [0.3, 0.4) is 0 Å². The van der Waals surface area contributed by atoms with Crippen molar-refractivity contribution in [2.75, 3.05) is 26.2 Å². The number of phenolic OH excluding ortho intramolecular Hbond substituents is 2. The molecule has 26 heavy (non-hydrogen) atoms. The lowest BCUT2D eigenvalue weighted by molar-refractivity contribution is 0.0731. The molecule has 1 saturated heterocycles. The molecule has 0 saturated carbocycles. The van der Waals surface area contributed by atoms with Gasteiger partial charge in [0.15, 0.2) is 23.1 Å². The van der Waals surface area contributed by atoms with E-state index < -0.39 is 29.0 Å². The summed E-state index contributed by atoms with van der Waals surface area (Å²) < 4.78 is 0. The zero-order chi connectivity index (χ0) is 18.4. The number of hydrogen-bond donors (Lipinski definition) is 3. The fourth-order valence-corrected chi connectivity index (χ4v) is 3.43. The number of fused-ring (bicyclic) bond motifs is 2. The molecular formula is C19H16N2O5. The van der Waals surface area contributed by atoms with Crippen LogP contribution in [0.1, 0.15) is 42.2 Å². The quantitative estimate of drug-likeness (QED) is 0.562. The fraction of sp³-hybridized carbons (Fsp3) is 0.211. The molecule has 1 amide bonds. The van der Waals surface area contributed by atoms with Gasteiger partial charge in [0.05, 0.1) is 11.1 Å². The first-order valence-corrected chi connectivity index (χ1v) is 8.28. The average molecular weight is 352 g/mol. The number of hydrogen-bond acceptors (Lipinski definition) is 6. The molecule has 132 valence electrons.